The molecule has 8 rings (SSSR count). The van der Waals surface area contributed by atoms with E-state index in [4.69, 9.17) is 0 Å². The molecule has 4 amide bonds. The Bertz CT molecular complexity index is 1840. The molecule has 5 aliphatic rings. The lowest BCUT2D eigenvalue weighted by atomic mass is 9.87. The Morgan fingerprint density at radius 1 is 1.02 bits per heavy atom. The number of hydrogen-bond donors (Lipinski definition) is 4. The fourth-order valence-electron chi connectivity index (χ4n) is 8.46. The summed E-state index contributed by atoms with van der Waals surface area (Å²) in [5.74, 6) is -4.55. The van der Waals surface area contributed by atoms with E-state index < -0.39 is 41.0 Å². The number of carbonyl (C=O) groups excluding carboxylic acids is 4. The second-order valence-corrected chi connectivity index (χ2v) is 15.0. The van der Waals surface area contributed by atoms with E-state index in [0.29, 0.717) is 22.9 Å². The van der Waals surface area contributed by atoms with Crippen LogP contribution in [0.5, 0.6) is 0 Å². The van der Waals surface area contributed by atoms with E-state index in [2.05, 4.69) is 46.0 Å². The number of anilines is 2. The summed E-state index contributed by atoms with van der Waals surface area (Å²) >= 11 is 0. The molecule has 2 aliphatic carbocycles. The third kappa shape index (κ3) is 6.27. The number of fused-ring (bicyclic) bond motifs is 2. The maximum atomic E-state index is 14.3. The Morgan fingerprint density at radius 3 is 2.53 bits per heavy atom. The number of pyridine rings is 1. The van der Waals surface area contributed by atoms with E-state index in [-0.39, 0.29) is 49.0 Å². The van der Waals surface area contributed by atoms with Gasteiger partial charge in [-0.25, -0.2) is 13.8 Å². The predicted octanol–water partition coefficient (Wildman–Crippen LogP) is 2.71. The Morgan fingerprint density at radius 2 is 1.80 bits per heavy atom. The molecule has 0 radical (unpaired) electrons. The number of amides is 4. The minimum Gasteiger partial charge on any atom is -0.370 e. The Hall–Kier alpha value is -4.73. The number of aromatic nitrogens is 5. The van der Waals surface area contributed by atoms with Crippen LogP contribution >= 0.6 is 0 Å². The normalized spacial score (nSPS) is 26.6. The van der Waals surface area contributed by atoms with Crippen LogP contribution in [-0.4, -0.2) is 98.2 Å². The summed E-state index contributed by atoms with van der Waals surface area (Å²) < 4.78 is 30.6. The van der Waals surface area contributed by atoms with Crippen molar-refractivity contribution in [2.75, 3.05) is 42.9 Å². The average Bonchev–Trinajstić information content (AvgIpc) is 3.54. The van der Waals surface area contributed by atoms with Crippen LogP contribution in [0.4, 0.5) is 20.2 Å². The summed E-state index contributed by atoms with van der Waals surface area (Å²) in [6.07, 6.45) is 10.00. The highest BCUT2D eigenvalue weighted by atomic mass is 19.3. The number of alkyl halides is 2. The molecular weight excluding hydrogens is 662 g/mol. The summed E-state index contributed by atoms with van der Waals surface area (Å²) in [4.78, 5) is 58.2. The molecule has 1 saturated carbocycles. The van der Waals surface area contributed by atoms with E-state index in [1.165, 1.54) is 0 Å². The summed E-state index contributed by atoms with van der Waals surface area (Å²) in [7, 11) is 0. The van der Waals surface area contributed by atoms with Gasteiger partial charge in [0.25, 0.3) is 17.7 Å². The molecule has 0 bridgehead atoms. The molecule has 51 heavy (non-hydrogen) atoms. The number of nitrogens with one attached hydrogen (secondary N) is 4. The Balaban J connectivity index is 0.767. The van der Waals surface area contributed by atoms with Gasteiger partial charge in [-0.1, -0.05) is 6.92 Å². The lowest BCUT2D eigenvalue weighted by molar-refractivity contribution is -0.134. The maximum Gasteiger partial charge on any atom is 0.276 e. The number of carbonyl (C=O) groups is 4. The fraction of sp³-hybridized carbons (Fsp3) is 0.571. The van der Waals surface area contributed by atoms with Gasteiger partial charge < -0.3 is 20.4 Å². The first-order valence-corrected chi connectivity index (χ1v) is 17.9. The molecule has 270 valence electrons. The van der Waals surface area contributed by atoms with Crippen molar-refractivity contribution < 1.29 is 28.0 Å². The quantitative estimate of drug-likeness (QED) is 0.258. The molecule has 3 unspecified atom stereocenters. The molecule has 14 nitrogen and oxygen atoms in total. The van der Waals surface area contributed by atoms with E-state index in [1.54, 1.807) is 25.4 Å². The Kier molecular flexibility index (Phi) is 8.38. The van der Waals surface area contributed by atoms with Crippen LogP contribution in [0.3, 0.4) is 0 Å². The van der Waals surface area contributed by atoms with Crippen LogP contribution in [0.1, 0.15) is 83.7 Å². The number of aromatic amines is 1. The van der Waals surface area contributed by atoms with Gasteiger partial charge in [-0.3, -0.25) is 34.3 Å². The van der Waals surface area contributed by atoms with E-state index in [0.717, 1.165) is 64.1 Å². The summed E-state index contributed by atoms with van der Waals surface area (Å²) in [5, 5.41) is 19.3. The predicted molar refractivity (Wildman–Crippen MR) is 180 cm³/mol. The number of piperidine rings is 3. The van der Waals surface area contributed by atoms with E-state index in [9.17, 15) is 28.0 Å². The van der Waals surface area contributed by atoms with Crippen molar-refractivity contribution in [3.05, 3.63) is 53.4 Å². The zero-order chi connectivity index (χ0) is 35.5. The van der Waals surface area contributed by atoms with Gasteiger partial charge in [0, 0.05) is 74.4 Å². The van der Waals surface area contributed by atoms with Gasteiger partial charge in [0.1, 0.15) is 11.7 Å². The number of likely N-dealkylation sites (tertiary alicyclic amines) is 1. The van der Waals surface area contributed by atoms with Crippen LogP contribution in [-0.2, 0) is 22.4 Å². The second-order valence-electron chi connectivity index (χ2n) is 15.0. The van der Waals surface area contributed by atoms with E-state index >= 15 is 0 Å². The monoisotopic (exact) mass is 704 g/mol. The second kappa shape index (κ2) is 12.8. The van der Waals surface area contributed by atoms with Gasteiger partial charge in [0.15, 0.2) is 5.69 Å². The first-order chi connectivity index (χ1) is 24.5. The fourth-order valence-corrected chi connectivity index (χ4v) is 8.46. The zero-order valence-electron chi connectivity index (χ0n) is 28.5. The maximum absolute atomic E-state index is 14.3. The van der Waals surface area contributed by atoms with Gasteiger partial charge >= 0.3 is 0 Å². The van der Waals surface area contributed by atoms with E-state index in [1.807, 2.05) is 16.9 Å². The smallest absolute Gasteiger partial charge is 0.276 e. The zero-order valence-corrected chi connectivity index (χ0v) is 28.5. The molecule has 6 heterocycles. The molecule has 4 fully saturated rings. The molecule has 16 heteroatoms. The third-order valence-corrected chi connectivity index (χ3v) is 11.8. The minimum absolute atomic E-state index is 0.151. The van der Waals surface area contributed by atoms with Crippen molar-refractivity contribution in [3.63, 3.8) is 0 Å². The molecule has 3 atom stereocenters. The van der Waals surface area contributed by atoms with Crippen LogP contribution in [0.25, 0.3) is 0 Å². The highest BCUT2D eigenvalue weighted by Crippen LogP contribution is 2.70. The molecule has 3 aliphatic heterocycles. The molecule has 3 aromatic rings. The van der Waals surface area contributed by atoms with Crippen molar-refractivity contribution in [2.24, 2.45) is 17.3 Å². The summed E-state index contributed by atoms with van der Waals surface area (Å²) in [5.41, 5.74) is 2.11. The van der Waals surface area contributed by atoms with Crippen LogP contribution in [0.15, 0.2) is 30.7 Å². The first-order valence-electron chi connectivity index (χ1n) is 17.9. The van der Waals surface area contributed by atoms with Crippen LogP contribution in [0.2, 0.25) is 0 Å². The van der Waals surface area contributed by atoms with Gasteiger partial charge in [-0.2, -0.15) is 10.2 Å². The average molecular weight is 705 g/mol. The summed E-state index contributed by atoms with van der Waals surface area (Å²) in [6, 6.07) is 3.04. The van der Waals surface area contributed by atoms with Gasteiger partial charge in [0.05, 0.1) is 29.8 Å². The largest absolute Gasteiger partial charge is 0.370 e. The topological polar surface area (TPSA) is 170 Å². The number of rotatable bonds is 8. The molecular formula is C35H42F2N10O4. The van der Waals surface area contributed by atoms with Crippen molar-refractivity contribution in [1.82, 2.24) is 40.5 Å². The molecule has 3 aromatic heterocycles. The molecule has 0 spiro atoms. The van der Waals surface area contributed by atoms with Crippen LogP contribution in [0, 0.1) is 17.3 Å². The number of halogens is 2. The highest BCUT2D eigenvalue weighted by Gasteiger charge is 2.78. The Labute approximate surface area is 293 Å². The molecule has 4 N–H and O–H groups in total. The van der Waals surface area contributed by atoms with Crippen molar-refractivity contribution in [1.29, 1.82) is 0 Å². The third-order valence-electron chi connectivity index (χ3n) is 11.8. The number of hydrogen-bond acceptors (Lipinski definition) is 9. The minimum atomic E-state index is -2.71. The van der Waals surface area contributed by atoms with Crippen molar-refractivity contribution >= 4 is 35.0 Å². The number of imide groups is 1. The van der Waals surface area contributed by atoms with Gasteiger partial charge in [-0.05, 0) is 56.6 Å². The first kappa shape index (κ1) is 33.4. The lowest BCUT2D eigenvalue weighted by Crippen LogP contribution is -2.52. The van der Waals surface area contributed by atoms with Crippen molar-refractivity contribution in [3.8, 4) is 0 Å². The SMILES string of the molecule is CC12Cc3[nH]nc(C(=O)Nc4cnn(C5CCN(CC6CCN(c7ccc(C(=O)NC8CCC(=O)NC8=O)nc7)CC6)CC5)c4)c3CC1C2(F)F. The van der Waals surface area contributed by atoms with Crippen molar-refractivity contribution in [2.45, 2.75) is 76.3 Å². The van der Waals surface area contributed by atoms with Crippen LogP contribution < -0.4 is 20.9 Å². The molecule has 3 saturated heterocycles. The molecule has 0 aromatic carbocycles. The number of H-pyrrole nitrogens is 1. The number of nitrogens with zero attached hydrogens (tertiary/aromatic N) is 6. The van der Waals surface area contributed by atoms with Gasteiger partial charge in [-0.15, -0.1) is 0 Å². The van der Waals surface area contributed by atoms with Gasteiger partial charge in [0.2, 0.25) is 11.8 Å². The highest BCUT2D eigenvalue weighted by molar-refractivity contribution is 6.04. The standard InChI is InChI=1S/C35H42F2N10O4/c1-34-15-27-24(14-28(34)35(34,36)37)30(44-43-27)33(51)40-21-16-39-47(19-21)22-8-10-45(11-9-22)18-20-6-12-46(13-7-20)23-2-3-25(38-17-23)31(49)41-26-4-5-29(48)42-32(26)50/h2-3,16-17,19-20,22,26,28H,4-15,18H2,1H3,(H,40,51)(H,41,49)(H,43,44)(H,42,48,50). The lowest BCUT2D eigenvalue weighted by Gasteiger charge is -2.38. The summed E-state index contributed by atoms with van der Waals surface area (Å²) in [6.45, 7) is 6.37.